The van der Waals surface area contributed by atoms with E-state index in [0.29, 0.717) is 23.8 Å². The fourth-order valence-corrected chi connectivity index (χ4v) is 4.26. The van der Waals surface area contributed by atoms with Crippen molar-refractivity contribution in [2.24, 2.45) is 0 Å². The molecule has 162 valence electrons. The molecule has 0 fully saturated rings. The minimum absolute atomic E-state index is 0.129. The summed E-state index contributed by atoms with van der Waals surface area (Å²) < 4.78 is 37.3. The topological polar surface area (TPSA) is 111 Å². The normalized spacial score (nSPS) is 11.0. The van der Waals surface area contributed by atoms with Crippen molar-refractivity contribution in [1.29, 1.82) is 0 Å². The molecule has 2 N–H and O–H groups in total. The fourth-order valence-electron chi connectivity index (χ4n) is 2.33. The average molecular weight is 453 g/mol. The van der Waals surface area contributed by atoms with Crippen molar-refractivity contribution in [3.05, 3.63) is 48.5 Å². The molecule has 0 atom stereocenters. The van der Waals surface area contributed by atoms with Crippen LogP contribution in [0.3, 0.4) is 0 Å². The quantitative estimate of drug-likeness (QED) is 0.306. The zero-order chi connectivity index (χ0) is 22.0. The molecule has 10 heteroatoms. The Kier molecular flexibility index (Phi) is 9.15. The van der Waals surface area contributed by atoms with Crippen LogP contribution in [0.15, 0.2) is 58.3 Å². The Morgan fingerprint density at radius 2 is 1.70 bits per heavy atom. The Morgan fingerprint density at radius 3 is 2.30 bits per heavy atom. The number of rotatable bonds is 11. The first-order valence-electron chi connectivity index (χ1n) is 9.19. The van der Waals surface area contributed by atoms with Gasteiger partial charge in [0.05, 0.1) is 11.5 Å². The largest absolute Gasteiger partial charge is 0.482 e. The lowest BCUT2D eigenvalue weighted by Gasteiger charge is -2.09. The summed E-state index contributed by atoms with van der Waals surface area (Å²) in [6, 6.07) is 13.1. The van der Waals surface area contributed by atoms with Crippen LogP contribution in [0.5, 0.6) is 5.75 Å². The third kappa shape index (κ3) is 8.05. The lowest BCUT2D eigenvalue weighted by atomic mass is 10.3. The van der Waals surface area contributed by atoms with Gasteiger partial charge in [-0.25, -0.2) is 17.9 Å². The molecular weight excluding hydrogens is 428 g/mol. The number of thioether (sulfide) groups is 1. The van der Waals surface area contributed by atoms with E-state index in [1.54, 1.807) is 19.1 Å². The van der Waals surface area contributed by atoms with Gasteiger partial charge in [0.1, 0.15) is 5.75 Å². The molecule has 0 radical (unpaired) electrons. The number of benzene rings is 2. The monoisotopic (exact) mass is 452 g/mol. The van der Waals surface area contributed by atoms with E-state index in [9.17, 15) is 18.0 Å². The van der Waals surface area contributed by atoms with E-state index in [1.807, 2.05) is 12.1 Å². The maximum atomic E-state index is 12.3. The SMILES string of the molecule is CCOC(=O)COc1ccc(SCCNS(=O)(=O)c2ccc(NC(C)=O)cc2)cc1. The second-order valence-corrected chi connectivity index (χ2v) is 8.95. The molecule has 0 unspecified atom stereocenters. The molecule has 1 amide bonds. The highest BCUT2D eigenvalue weighted by Gasteiger charge is 2.13. The number of amides is 1. The van der Waals surface area contributed by atoms with Crippen molar-refractivity contribution >= 4 is 39.3 Å². The van der Waals surface area contributed by atoms with Gasteiger partial charge in [-0.15, -0.1) is 11.8 Å². The summed E-state index contributed by atoms with van der Waals surface area (Å²) in [7, 11) is -3.63. The van der Waals surface area contributed by atoms with E-state index in [2.05, 4.69) is 10.0 Å². The number of hydrogen-bond acceptors (Lipinski definition) is 7. The van der Waals surface area contributed by atoms with Gasteiger partial charge in [0.2, 0.25) is 15.9 Å². The summed E-state index contributed by atoms with van der Waals surface area (Å²) in [4.78, 5) is 23.4. The van der Waals surface area contributed by atoms with Crippen LogP contribution < -0.4 is 14.8 Å². The highest BCUT2D eigenvalue weighted by Crippen LogP contribution is 2.21. The van der Waals surface area contributed by atoms with E-state index in [1.165, 1.54) is 43.0 Å². The molecule has 2 rings (SSSR count). The van der Waals surface area contributed by atoms with Crippen LogP contribution in [-0.4, -0.2) is 45.8 Å². The van der Waals surface area contributed by atoms with Crippen molar-refractivity contribution in [1.82, 2.24) is 4.72 Å². The van der Waals surface area contributed by atoms with Crippen LogP contribution in [0.2, 0.25) is 0 Å². The molecule has 0 saturated carbocycles. The van der Waals surface area contributed by atoms with Crippen molar-refractivity contribution in [2.75, 3.05) is 30.8 Å². The van der Waals surface area contributed by atoms with Crippen LogP contribution in [0.25, 0.3) is 0 Å². The molecule has 0 aromatic heterocycles. The zero-order valence-electron chi connectivity index (χ0n) is 16.7. The molecule has 2 aromatic rings. The van der Waals surface area contributed by atoms with Crippen molar-refractivity contribution < 1.29 is 27.5 Å². The van der Waals surface area contributed by atoms with Crippen LogP contribution in [-0.2, 0) is 24.3 Å². The molecule has 0 aliphatic rings. The molecule has 30 heavy (non-hydrogen) atoms. The zero-order valence-corrected chi connectivity index (χ0v) is 18.3. The van der Waals surface area contributed by atoms with Gasteiger partial charge < -0.3 is 14.8 Å². The number of ether oxygens (including phenoxy) is 2. The van der Waals surface area contributed by atoms with E-state index < -0.39 is 16.0 Å². The Hall–Kier alpha value is -2.56. The summed E-state index contributed by atoms with van der Waals surface area (Å²) in [5.74, 6) is 0.440. The van der Waals surface area contributed by atoms with Crippen LogP contribution >= 0.6 is 11.8 Å². The first kappa shape index (κ1) is 23.7. The predicted octanol–water partition coefficient (Wildman–Crippen LogP) is 2.66. The fraction of sp³-hybridized carbons (Fsp3) is 0.300. The number of esters is 1. The molecular formula is C20H24N2O6S2. The smallest absolute Gasteiger partial charge is 0.344 e. The lowest BCUT2D eigenvalue weighted by Crippen LogP contribution is -2.26. The van der Waals surface area contributed by atoms with E-state index in [-0.39, 0.29) is 24.0 Å². The number of carbonyl (C=O) groups is 2. The minimum Gasteiger partial charge on any atom is -0.482 e. The van der Waals surface area contributed by atoms with Crippen LogP contribution in [0, 0.1) is 0 Å². The Morgan fingerprint density at radius 1 is 1.03 bits per heavy atom. The predicted molar refractivity (Wildman–Crippen MR) is 115 cm³/mol. The number of anilines is 1. The molecule has 0 spiro atoms. The molecule has 0 saturated heterocycles. The second-order valence-electron chi connectivity index (χ2n) is 6.02. The summed E-state index contributed by atoms with van der Waals surface area (Å²) in [5.41, 5.74) is 0.534. The second kappa shape index (κ2) is 11.6. The molecule has 0 aliphatic carbocycles. The summed E-state index contributed by atoms with van der Waals surface area (Å²) in [5, 5.41) is 2.59. The van der Waals surface area contributed by atoms with E-state index >= 15 is 0 Å². The molecule has 2 aromatic carbocycles. The van der Waals surface area contributed by atoms with Gasteiger partial charge in [0.25, 0.3) is 0 Å². The minimum atomic E-state index is -3.63. The first-order chi connectivity index (χ1) is 14.3. The molecule has 8 nitrogen and oxygen atoms in total. The molecule has 0 bridgehead atoms. The van der Waals surface area contributed by atoms with E-state index in [0.717, 1.165) is 4.90 Å². The number of nitrogens with one attached hydrogen (secondary N) is 2. The first-order valence-corrected chi connectivity index (χ1v) is 11.7. The van der Waals surface area contributed by atoms with Gasteiger partial charge >= 0.3 is 5.97 Å². The Balaban J connectivity index is 1.77. The molecule has 0 heterocycles. The maximum Gasteiger partial charge on any atom is 0.344 e. The molecule has 0 aliphatic heterocycles. The average Bonchev–Trinajstić information content (AvgIpc) is 2.71. The number of hydrogen-bond donors (Lipinski definition) is 2. The third-order valence-electron chi connectivity index (χ3n) is 3.63. The van der Waals surface area contributed by atoms with Crippen molar-refractivity contribution in [3.8, 4) is 5.75 Å². The number of sulfonamides is 1. The summed E-state index contributed by atoms with van der Waals surface area (Å²) in [6.45, 7) is 3.53. The Labute approximate surface area is 180 Å². The highest BCUT2D eigenvalue weighted by atomic mass is 32.2. The van der Waals surface area contributed by atoms with Gasteiger partial charge in [-0.2, -0.15) is 0 Å². The van der Waals surface area contributed by atoms with Crippen molar-refractivity contribution in [3.63, 3.8) is 0 Å². The maximum absolute atomic E-state index is 12.3. The van der Waals surface area contributed by atoms with Gasteiger partial charge in [0.15, 0.2) is 6.61 Å². The standard InChI is InChI=1S/C20H24N2O6S2/c1-3-27-20(24)14-28-17-6-8-18(9-7-17)29-13-12-21-30(25,26)19-10-4-16(5-11-19)22-15(2)23/h4-11,21H,3,12-14H2,1-2H3,(H,22,23). The summed E-state index contributed by atoms with van der Waals surface area (Å²) >= 11 is 1.49. The third-order valence-corrected chi connectivity index (χ3v) is 6.12. The van der Waals surface area contributed by atoms with Crippen molar-refractivity contribution in [2.45, 2.75) is 23.6 Å². The van der Waals surface area contributed by atoms with E-state index in [4.69, 9.17) is 9.47 Å². The Bertz CT molecular complexity index is 944. The van der Waals surface area contributed by atoms with Gasteiger partial charge in [-0.1, -0.05) is 0 Å². The lowest BCUT2D eigenvalue weighted by molar-refractivity contribution is -0.145. The highest BCUT2D eigenvalue weighted by molar-refractivity contribution is 7.99. The van der Waals surface area contributed by atoms with Gasteiger partial charge in [0, 0.05) is 29.8 Å². The van der Waals surface area contributed by atoms with Crippen LogP contribution in [0.1, 0.15) is 13.8 Å². The van der Waals surface area contributed by atoms with Crippen LogP contribution in [0.4, 0.5) is 5.69 Å². The van der Waals surface area contributed by atoms with Gasteiger partial charge in [-0.3, -0.25) is 4.79 Å². The summed E-state index contributed by atoms with van der Waals surface area (Å²) in [6.07, 6.45) is 0. The number of carbonyl (C=O) groups excluding carboxylic acids is 2. The van der Waals surface area contributed by atoms with Gasteiger partial charge in [-0.05, 0) is 55.5 Å².